The fraction of sp³-hybridized carbons (Fsp3) is 0.700. The molecule has 94 valence electrons. The zero-order valence-electron chi connectivity index (χ0n) is 9.78. The number of carbonyl (C=O) groups is 1. The van der Waals surface area contributed by atoms with E-state index in [0.717, 1.165) is 6.42 Å². The lowest BCUT2D eigenvalue weighted by Gasteiger charge is -2.14. The third kappa shape index (κ3) is 2.03. The maximum absolute atomic E-state index is 10.9. The number of nitrogens with two attached hydrogens (primary N) is 1. The van der Waals surface area contributed by atoms with Gasteiger partial charge in [0.2, 0.25) is 5.82 Å². The number of hydrogen-bond donors (Lipinski definition) is 2. The molecule has 3 N–H and O–H groups in total. The summed E-state index contributed by atoms with van der Waals surface area (Å²) in [6.07, 6.45) is 0.874. The molecular weight excluding hydrogens is 224 g/mol. The first-order valence-electron chi connectivity index (χ1n) is 5.59. The number of nitrogens with zero attached hydrogens (tertiary/aromatic N) is 3. The molecule has 0 spiro atoms. The van der Waals surface area contributed by atoms with Gasteiger partial charge in [0.1, 0.15) is 12.4 Å². The van der Waals surface area contributed by atoms with E-state index < -0.39 is 18.2 Å². The van der Waals surface area contributed by atoms with Gasteiger partial charge in [-0.2, -0.15) is 0 Å². The fourth-order valence-corrected chi connectivity index (χ4v) is 2.06. The second-order valence-corrected chi connectivity index (χ2v) is 4.24. The molecule has 0 radical (unpaired) electrons. The van der Waals surface area contributed by atoms with Gasteiger partial charge in [-0.15, -0.1) is 5.10 Å². The van der Waals surface area contributed by atoms with Gasteiger partial charge in [-0.3, -0.25) is 4.79 Å². The van der Waals surface area contributed by atoms with Gasteiger partial charge in [0.15, 0.2) is 6.23 Å². The molecule has 1 aliphatic heterocycles. The molecule has 2 heterocycles. The molecule has 7 nitrogen and oxygen atoms in total. The quantitative estimate of drug-likeness (QED) is 0.753. The monoisotopic (exact) mass is 240 g/mol. The lowest BCUT2D eigenvalue weighted by Crippen LogP contribution is -2.25. The van der Waals surface area contributed by atoms with Crippen LogP contribution in [-0.2, 0) is 4.74 Å². The highest BCUT2D eigenvalue weighted by atomic mass is 16.5. The molecule has 4 atom stereocenters. The summed E-state index contributed by atoms with van der Waals surface area (Å²) >= 11 is 0. The van der Waals surface area contributed by atoms with Crippen LogP contribution in [0.3, 0.4) is 0 Å². The molecule has 1 saturated heterocycles. The van der Waals surface area contributed by atoms with E-state index in [9.17, 15) is 9.90 Å². The fourth-order valence-electron chi connectivity index (χ4n) is 2.06. The van der Waals surface area contributed by atoms with E-state index in [4.69, 9.17) is 10.5 Å². The summed E-state index contributed by atoms with van der Waals surface area (Å²) in [5.41, 5.74) is 5.06. The first kappa shape index (κ1) is 12.0. The maximum Gasteiger partial charge on any atom is 0.288 e. The Balaban J connectivity index is 2.19. The van der Waals surface area contributed by atoms with Gasteiger partial charge in [0, 0.05) is 5.92 Å². The number of carbonyl (C=O) groups excluding carboxylic acids is 1. The minimum atomic E-state index is -0.698. The van der Waals surface area contributed by atoms with Crippen molar-refractivity contribution in [1.82, 2.24) is 14.8 Å². The van der Waals surface area contributed by atoms with E-state index in [1.165, 1.54) is 11.0 Å². The van der Waals surface area contributed by atoms with Gasteiger partial charge in [-0.05, 0) is 6.42 Å². The normalized spacial score (nSPS) is 32.9. The van der Waals surface area contributed by atoms with Gasteiger partial charge < -0.3 is 15.6 Å². The van der Waals surface area contributed by atoms with Gasteiger partial charge in [-0.25, -0.2) is 9.67 Å². The van der Waals surface area contributed by atoms with Crippen LogP contribution in [0.25, 0.3) is 0 Å². The highest BCUT2D eigenvalue weighted by Gasteiger charge is 2.41. The first-order chi connectivity index (χ1) is 8.04. The van der Waals surface area contributed by atoms with Gasteiger partial charge >= 0.3 is 0 Å². The first-order valence-corrected chi connectivity index (χ1v) is 5.59. The molecule has 1 aromatic heterocycles. The third-order valence-electron chi connectivity index (χ3n) is 3.12. The number of hydrogen-bond acceptors (Lipinski definition) is 5. The van der Waals surface area contributed by atoms with Crippen LogP contribution in [-0.4, -0.2) is 38.0 Å². The maximum atomic E-state index is 10.9. The SMILES string of the molecule is CC[C@H]1O[C@@H](n2cnc(C(N)=O)n2)[C@H](O)[C@@H]1C. The summed E-state index contributed by atoms with van der Waals surface area (Å²) in [7, 11) is 0. The van der Waals surface area contributed by atoms with Crippen molar-refractivity contribution in [2.45, 2.75) is 38.7 Å². The van der Waals surface area contributed by atoms with Crippen LogP contribution in [0.4, 0.5) is 0 Å². The third-order valence-corrected chi connectivity index (χ3v) is 3.12. The van der Waals surface area contributed by atoms with Crippen molar-refractivity contribution in [3.05, 3.63) is 12.2 Å². The second kappa shape index (κ2) is 4.42. The minimum Gasteiger partial charge on any atom is -0.388 e. The largest absolute Gasteiger partial charge is 0.388 e. The van der Waals surface area contributed by atoms with Gasteiger partial charge in [-0.1, -0.05) is 13.8 Å². The van der Waals surface area contributed by atoms with Crippen molar-refractivity contribution in [2.24, 2.45) is 11.7 Å². The summed E-state index contributed by atoms with van der Waals surface area (Å²) in [4.78, 5) is 14.6. The molecule has 0 aliphatic carbocycles. The van der Waals surface area contributed by atoms with Crippen molar-refractivity contribution in [2.75, 3.05) is 0 Å². The Hall–Kier alpha value is -1.47. The highest BCUT2D eigenvalue weighted by molar-refractivity contribution is 5.88. The number of aliphatic hydroxyl groups excluding tert-OH is 1. The number of primary amides is 1. The summed E-state index contributed by atoms with van der Waals surface area (Å²) in [5.74, 6) is -0.754. The Morgan fingerprint density at radius 3 is 2.88 bits per heavy atom. The Labute approximate surface area is 98.6 Å². The highest BCUT2D eigenvalue weighted by Crippen LogP contribution is 2.34. The zero-order valence-corrected chi connectivity index (χ0v) is 9.78. The topological polar surface area (TPSA) is 103 Å². The van der Waals surface area contributed by atoms with Gasteiger partial charge in [0.05, 0.1) is 6.10 Å². The molecule has 0 bridgehead atoms. The van der Waals surface area contributed by atoms with Crippen molar-refractivity contribution in [3.63, 3.8) is 0 Å². The van der Waals surface area contributed by atoms with E-state index in [0.29, 0.717) is 0 Å². The molecule has 0 aromatic carbocycles. The molecule has 1 aromatic rings. The number of rotatable bonds is 3. The molecule has 17 heavy (non-hydrogen) atoms. The predicted molar refractivity (Wildman–Crippen MR) is 57.9 cm³/mol. The Kier molecular flexibility index (Phi) is 3.12. The smallest absolute Gasteiger partial charge is 0.288 e. The van der Waals surface area contributed by atoms with Crippen molar-refractivity contribution >= 4 is 5.91 Å². The molecule has 1 amide bonds. The zero-order chi connectivity index (χ0) is 12.6. The lowest BCUT2D eigenvalue weighted by molar-refractivity contribution is -0.0451. The van der Waals surface area contributed by atoms with Crippen LogP contribution in [0.2, 0.25) is 0 Å². The number of ether oxygens (including phenoxy) is 1. The molecule has 1 aliphatic rings. The van der Waals surface area contributed by atoms with E-state index in [2.05, 4.69) is 10.1 Å². The van der Waals surface area contributed by atoms with Crippen LogP contribution in [0.15, 0.2) is 6.33 Å². The predicted octanol–water partition coefficient (Wildman–Crippen LogP) is -0.319. The summed E-state index contributed by atoms with van der Waals surface area (Å²) in [5, 5.41) is 13.9. The number of aliphatic hydroxyl groups is 1. The van der Waals surface area contributed by atoms with E-state index in [1.54, 1.807) is 0 Å². The molecule has 0 saturated carbocycles. The molecule has 7 heteroatoms. The lowest BCUT2D eigenvalue weighted by atomic mass is 9.99. The van der Waals surface area contributed by atoms with Crippen LogP contribution in [0.5, 0.6) is 0 Å². The number of aromatic nitrogens is 3. The van der Waals surface area contributed by atoms with Crippen molar-refractivity contribution in [1.29, 1.82) is 0 Å². The summed E-state index contributed by atoms with van der Waals surface area (Å²) < 4.78 is 7.02. The van der Waals surface area contributed by atoms with Crippen LogP contribution >= 0.6 is 0 Å². The standard InChI is InChI=1S/C10H16N4O3/c1-3-6-5(2)7(15)10(17-6)14-4-12-9(13-14)8(11)16/h4-7,10,15H,3H2,1-2H3,(H2,11,16)/t5-,6-,7-,10-/m1/s1. The van der Waals surface area contributed by atoms with Crippen LogP contribution in [0.1, 0.15) is 37.1 Å². The second-order valence-electron chi connectivity index (χ2n) is 4.24. The van der Waals surface area contributed by atoms with Gasteiger partial charge in [0.25, 0.3) is 5.91 Å². The minimum absolute atomic E-state index is 0.0174. The van der Waals surface area contributed by atoms with Crippen molar-refractivity contribution in [3.8, 4) is 0 Å². The Bertz CT molecular complexity index is 419. The molecule has 1 fully saturated rings. The molecular formula is C10H16N4O3. The molecule has 2 rings (SSSR count). The molecule has 0 unspecified atom stereocenters. The summed E-state index contributed by atoms with van der Waals surface area (Å²) in [6, 6.07) is 0. The average Bonchev–Trinajstić information content (AvgIpc) is 2.87. The van der Waals surface area contributed by atoms with E-state index in [1.807, 2.05) is 13.8 Å². The van der Waals surface area contributed by atoms with Crippen molar-refractivity contribution < 1.29 is 14.6 Å². The number of amides is 1. The van der Waals surface area contributed by atoms with E-state index in [-0.39, 0.29) is 17.8 Å². The average molecular weight is 240 g/mol. The summed E-state index contributed by atoms with van der Waals surface area (Å²) in [6.45, 7) is 3.91. The Morgan fingerprint density at radius 2 is 2.41 bits per heavy atom. The van der Waals surface area contributed by atoms with Crippen LogP contribution < -0.4 is 5.73 Å². The van der Waals surface area contributed by atoms with E-state index >= 15 is 0 Å². The Morgan fingerprint density at radius 1 is 1.71 bits per heavy atom. The van der Waals surface area contributed by atoms with Crippen LogP contribution in [0, 0.1) is 5.92 Å².